The Morgan fingerprint density at radius 1 is 1.12 bits per heavy atom. The number of methoxy groups -OCH3 is 1. The van der Waals surface area contributed by atoms with E-state index in [0.29, 0.717) is 5.56 Å². The van der Waals surface area contributed by atoms with Crippen molar-refractivity contribution in [3.05, 3.63) is 71.3 Å². The summed E-state index contributed by atoms with van der Waals surface area (Å²) >= 11 is 0. The molecular weight excluding hydrogens is 306 g/mol. The van der Waals surface area contributed by atoms with Gasteiger partial charge in [0.2, 0.25) is 0 Å². The number of amides is 1. The Morgan fingerprint density at radius 2 is 1.83 bits per heavy atom. The number of carboxylic acid groups (broad SMARTS) is 1. The molecule has 0 unspecified atom stereocenters. The van der Waals surface area contributed by atoms with Gasteiger partial charge < -0.3 is 15.2 Å². The molecule has 126 valence electrons. The van der Waals surface area contributed by atoms with Crippen molar-refractivity contribution in [2.45, 2.75) is 25.5 Å². The summed E-state index contributed by atoms with van der Waals surface area (Å²) in [5.74, 6) is -1.54. The van der Waals surface area contributed by atoms with E-state index >= 15 is 0 Å². The van der Waals surface area contributed by atoms with Crippen LogP contribution in [-0.4, -0.2) is 30.1 Å². The zero-order chi connectivity index (χ0) is 17.5. The quantitative estimate of drug-likeness (QED) is 0.819. The summed E-state index contributed by atoms with van der Waals surface area (Å²) in [5.41, 5.74) is 2.58. The van der Waals surface area contributed by atoms with Gasteiger partial charge >= 0.3 is 5.97 Å². The summed E-state index contributed by atoms with van der Waals surface area (Å²) in [5, 5.41) is 12.0. The Morgan fingerprint density at radius 3 is 2.42 bits per heavy atom. The fourth-order valence-electron chi connectivity index (χ4n) is 2.54. The molecule has 1 amide bonds. The minimum Gasteiger partial charge on any atom is -0.480 e. The lowest BCUT2D eigenvalue weighted by Crippen LogP contribution is -2.44. The van der Waals surface area contributed by atoms with Gasteiger partial charge in [-0.3, -0.25) is 4.79 Å². The minimum absolute atomic E-state index is 0.216. The Hall–Kier alpha value is -2.66. The number of nitrogens with one attached hydrogen (secondary N) is 1. The Balaban J connectivity index is 2.11. The van der Waals surface area contributed by atoms with E-state index in [-0.39, 0.29) is 6.42 Å². The van der Waals surface area contributed by atoms with Crippen LogP contribution in [0.15, 0.2) is 54.6 Å². The third kappa shape index (κ3) is 4.67. The largest absolute Gasteiger partial charge is 0.480 e. The second-order valence-electron chi connectivity index (χ2n) is 5.62. The second kappa shape index (κ2) is 8.26. The lowest BCUT2D eigenvalue weighted by atomic mass is 10.0. The summed E-state index contributed by atoms with van der Waals surface area (Å²) in [6.07, 6.45) is -0.626. The first kappa shape index (κ1) is 17.7. The summed E-state index contributed by atoms with van der Waals surface area (Å²) in [6.45, 7) is 1.94. The Kier molecular flexibility index (Phi) is 6.09. The first-order chi connectivity index (χ1) is 11.5. The highest BCUT2D eigenvalue weighted by Gasteiger charge is 2.26. The molecule has 2 rings (SSSR count). The number of hydrogen-bond acceptors (Lipinski definition) is 3. The molecule has 5 heteroatoms. The van der Waals surface area contributed by atoms with Gasteiger partial charge in [-0.05, 0) is 18.1 Å². The normalized spacial score (nSPS) is 13.1. The van der Waals surface area contributed by atoms with Crippen LogP contribution in [0.2, 0.25) is 0 Å². The lowest BCUT2D eigenvalue weighted by Gasteiger charge is -2.20. The average Bonchev–Trinajstić information content (AvgIpc) is 2.56. The van der Waals surface area contributed by atoms with Crippen molar-refractivity contribution in [1.82, 2.24) is 5.32 Å². The fraction of sp³-hybridized carbons (Fsp3) is 0.263. The number of benzene rings is 2. The van der Waals surface area contributed by atoms with E-state index in [4.69, 9.17) is 4.74 Å². The van der Waals surface area contributed by atoms with E-state index < -0.39 is 24.0 Å². The van der Waals surface area contributed by atoms with Crippen LogP contribution in [0, 0.1) is 6.92 Å². The van der Waals surface area contributed by atoms with Crippen LogP contribution in [0.4, 0.5) is 0 Å². The van der Waals surface area contributed by atoms with Gasteiger partial charge in [0, 0.05) is 13.5 Å². The highest BCUT2D eigenvalue weighted by Crippen LogP contribution is 2.17. The number of ether oxygens (including phenoxy) is 1. The van der Waals surface area contributed by atoms with Gasteiger partial charge in [-0.1, -0.05) is 60.2 Å². The topological polar surface area (TPSA) is 75.6 Å². The van der Waals surface area contributed by atoms with Crippen molar-refractivity contribution in [2.24, 2.45) is 0 Å². The predicted molar refractivity (Wildman–Crippen MR) is 90.6 cm³/mol. The van der Waals surface area contributed by atoms with Crippen LogP contribution in [0.3, 0.4) is 0 Å². The maximum Gasteiger partial charge on any atom is 0.326 e. The summed E-state index contributed by atoms with van der Waals surface area (Å²) in [4.78, 5) is 24.0. The first-order valence-corrected chi connectivity index (χ1v) is 7.67. The number of aliphatic carboxylic acids is 1. The number of rotatable bonds is 7. The molecule has 0 aliphatic heterocycles. The zero-order valence-electron chi connectivity index (χ0n) is 13.7. The lowest BCUT2D eigenvalue weighted by molar-refractivity contribution is -0.144. The molecule has 0 saturated carbocycles. The van der Waals surface area contributed by atoms with E-state index in [1.807, 2.05) is 37.3 Å². The predicted octanol–water partition coefficient (Wildman–Crippen LogP) is 2.49. The van der Waals surface area contributed by atoms with E-state index in [1.165, 1.54) is 7.11 Å². The van der Waals surface area contributed by atoms with Crippen LogP contribution in [0.1, 0.15) is 22.8 Å². The number of carboxylic acids is 1. The van der Waals surface area contributed by atoms with Crippen molar-refractivity contribution in [2.75, 3.05) is 7.11 Å². The molecule has 2 aromatic carbocycles. The monoisotopic (exact) mass is 327 g/mol. The molecule has 2 atom stereocenters. The van der Waals surface area contributed by atoms with E-state index in [9.17, 15) is 14.7 Å². The molecule has 0 bridgehead atoms. The van der Waals surface area contributed by atoms with Crippen LogP contribution in [0.25, 0.3) is 0 Å². The molecule has 0 radical (unpaired) electrons. The molecule has 0 aliphatic rings. The molecule has 24 heavy (non-hydrogen) atoms. The van der Waals surface area contributed by atoms with E-state index in [1.54, 1.807) is 24.3 Å². The molecule has 0 spiro atoms. The molecule has 0 fully saturated rings. The van der Waals surface area contributed by atoms with Crippen molar-refractivity contribution < 1.29 is 19.4 Å². The zero-order valence-corrected chi connectivity index (χ0v) is 13.7. The summed E-state index contributed by atoms with van der Waals surface area (Å²) in [6, 6.07) is 15.5. The molecule has 0 heterocycles. The maximum atomic E-state index is 12.4. The standard InChI is InChI=1S/C19H21NO4/c1-13-7-6-8-14(11-13)12-16(19(22)23)20-18(21)17(24-2)15-9-4-3-5-10-15/h3-11,16-17H,12H2,1-2H3,(H,20,21)(H,22,23)/t16-,17-/m0/s1. The van der Waals surface area contributed by atoms with E-state index in [0.717, 1.165) is 11.1 Å². The first-order valence-electron chi connectivity index (χ1n) is 7.67. The Bertz CT molecular complexity index is 700. The van der Waals surface area contributed by atoms with Crippen LogP contribution < -0.4 is 5.32 Å². The van der Waals surface area contributed by atoms with Gasteiger partial charge in [0.15, 0.2) is 6.10 Å². The second-order valence-corrected chi connectivity index (χ2v) is 5.62. The summed E-state index contributed by atoms with van der Waals surface area (Å²) in [7, 11) is 1.42. The molecule has 0 aromatic heterocycles. The molecule has 2 aromatic rings. The van der Waals surface area contributed by atoms with Crippen LogP contribution in [0.5, 0.6) is 0 Å². The molecule has 2 N–H and O–H groups in total. The number of hydrogen-bond donors (Lipinski definition) is 2. The highest BCUT2D eigenvalue weighted by atomic mass is 16.5. The third-order valence-electron chi connectivity index (χ3n) is 3.71. The van der Waals surface area contributed by atoms with Gasteiger partial charge in [-0.25, -0.2) is 4.79 Å². The highest BCUT2D eigenvalue weighted by molar-refractivity contribution is 5.87. The fourth-order valence-corrected chi connectivity index (χ4v) is 2.54. The van der Waals surface area contributed by atoms with Gasteiger partial charge in [0.25, 0.3) is 5.91 Å². The molecule has 5 nitrogen and oxygen atoms in total. The molecule has 0 aliphatic carbocycles. The Labute approximate surface area is 141 Å². The third-order valence-corrected chi connectivity index (χ3v) is 3.71. The maximum absolute atomic E-state index is 12.4. The van der Waals surface area contributed by atoms with Crippen molar-refractivity contribution in [3.8, 4) is 0 Å². The number of aryl methyl sites for hydroxylation is 1. The van der Waals surface area contributed by atoms with Gasteiger partial charge in [-0.2, -0.15) is 0 Å². The minimum atomic E-state index is -1.08. The smallest absolute Gasteiger partial charge is 0.326 e. The van der Waals surface area contributed by atoms with Gasteiger partial charge in [0.1, 0.15) is 6.04 Å². The number of carbonyl (C=O) groups excluding carboxylic acids is 1. The van der Waals surface area contributed by atoms with Gasteiger partial charge in [-0.15, -0.1) is 0 Å². The van der Waals surface area contributed by atoms with Crippen LogP contribution >= 0.6 is 0 Å². The van der Waals surface area contributed by atoms with Crippen molar-refractivity contribution in [3.63, 3.8) is 0 Å². The molecular formula is C19H21NO4. The van der Waals surface area contributed by atoms with Crippen LogP contribution in [-0.2, 0) is 20.7 Å². The summed E-state index contributed by atoms with van der Waals surface area (Å²) < 4.78 is 5.24. The average molecular weight is 327 g/mol. The van der Waals surface area contributed by atoms with Crippen molar-refractivity contribution >= 4 is 11.9 Å². The molecule has 0 saturated heterocycles. The van der Waals surface area contributed by atoms with Gasteiger partial charge in [0.05, 0.1) is 0 Å². The number of carbonyl (C=O) groups is 2. The SMILES string of the molecule is CO[C@H](C(=O)N[C@@H](Cc1cccc(C)c1)C(=O)O)c1ccccc1. The van der Waals surface area contributed by atoms with E-state index in [2.05, 4.69) is 5.32 Å². The van der Waals surface area contributed by atoms with Crippen molar-refractivity contribution in [1.29, 1.82) is 0 Å².